The molecule has 0 saturated heterocycles. The molecule has 0 spiro atoms. The van der Waals surface area contributed by atoms with Gasteiger partial charge in [-0.25, -0.2) is 4.79 Å². The van der Waals surface area contributed by atoms with E-state index in [1.54, 1.807) is 0 Å². The van der Waals surface area contributed by atoms with Gasteiger partial charge in [-0.05, 0) is 6.07 Å². The lowest BCUT2D eigenvalue weighted by atomic mass is 10.2. The molecule has 0 amide bonds. The fourth-order valence-electron chi connectivity index (χ4n) is 0.927. The van der Waals surface area contributed by atoms with Crippen molar-refractivity contribution in [1.29, 1.82) is 0 Å². The van der Waals surface area contributed by atoms with Crippen LogP contribution in [0.25, 0.3) is 0 Å². The van der Waals surface area contributed by atoms with Gasteiger partial charge in [-0.2, -0.15) is 0 Å². The smallest absolute Gasteiger partial charge is 0.578 e. The Kier molecular flexibility index (Phi) is 3.72. The second-order valence-electron chi connectivity index (χ2n) is 2.70. The number of rotatable bonds is 2. The summed E-state index contributed by atoms with van der Waals surface area (Å²) in [5.41, 5.74) is -5.39. The summed E-state index contributed by atoms with van der Waals surface area (Å²) in [5.74, 6) is -1.44. The summed E-state index contributed by atoms with van der Waals surface area (Å²) in [6.07, 6.45) is 0. The molecule has 1 aromatic rings. The monoisotopic (exact) mass is 272 g/mol. The Morgan fingerprint density at radius 2 is 1.94 bits per heavy atom. The number of aromatic carboxylic acids is 1. The van der Waals surface area contributed by atoms with Crippen LogP contribution in [0.2, 0.25) is 5.02 Å². The van der Waals surface area contributed by atoms with Gasteiger partial charge in [0.2, 0.25) is 0 Å². The molecule has 0 heterocycles. The first-order valence-corrected chi connectivity index (χ1v) is 5.27. The summed E-state index contributed by atoms with van der Waals surface area (Å²) in [6, 6.07) is 2.47. The van der Waals surface area contributed by atoms with Gasteiger partial charge in [-0.15, -0.1) is 13.2 Å². The molecule has 0 aliphatic heterocycles. The molecular formula is C8H4ClF3O3S. The minimum atomic E-state index is -4.94. The lowest BCUT2D eigenvalue weighted by molar-refractivity contribution is -0.0435. The number of halogens is 4. The number of carboxylic acid groups (broad SMARTS) is 1. The van der Waals surface area contributed by atoms with Crippen LogP contribution >= 0.6 is 11.6 Å². The van der Waals surface area contributed by atoms with E-state index < -0.39 is 33.1 Å². The molecule has 1 rings (SSSR count). The standard InChI is InChI=1S/C8H4ClF3O3S/c9-5-1-4(7(13)14)2-6(3-5)16(15)8(10,11)12/h1-3H,(H,13,14). The first-order valence-electron chi connectivity index (χ1n) is 3.74. The number of carboxylic acids is 1. The molecule has 0 aliphatic carbocycles. The highest BCUT2D eigenvalue weighted by molar-refractivity contribution is 7.92. The Labute approximate surface area is 96.0 Å². The normalized spacial score (nSPS) is 13.6. The molecule has 0 saturated carbocycles. The van der Waals surface area contributed by atoms with Gasteiger partial charge in [0.25, 0.3) is 0 Å². The maximum atomic E-state index is 12.1. The van der Waals surface area contributed by atoms with Crippen molar-refractivity contribution in [2.24, 2.45) is 0 Å². The molecule has 0 aliphatic rings. The highest BCUT2D eigenvalue weighted by Gasteiger charge is 2.46. The van der Waals surface area contributed by atoms with E-state index in [1.165, 1.54) is 0 Å². The zero-order valence-corrected chi connectivity index (χ0v) is 8.99. The van der Waals surface area contributed by atoms with Crippen LogP contribution in [0.15, 0.2) is 23.1 Å². The first-order chi connectivity index (χ1) is 7.21. The summed E-state index contributed by atoms with van der Waals surface area (Å²) in [5, 5.41) is 8.36. The van der Waals surface area contributed by atoms with Crippen LogP contribution in [0, 0.1) is 0 Å². The quantitative estimate of drug-likeness (QED) is 0.842. The molecule has 0 aromatic heterocycles. The van der Waals surface area contributed by atoms with Crippen LogP contribution in [0.5, 0.6) is 0 Å². The van der Waals surface area contributed by atoms with Gasteiger partial charge < -0.3 is 9.66 Å². The Morgan fingerprint density at radius 3 is 2.38 bits per heavy atom. The SMILES string of the molecule is O=C(O)c1cc(Cl)cc([S+]([O-])C(F)(F)F)c1. The van der Waals surface area contributed by atoms with E-state index in [1.807, 2.05) is 0 Å². The molecular weight excluding hydrogens is 269 g/mol. The Hall–Kier alpha value is -0.920. The van der Waals surface area contributed by atoms with Crippen LogP contribution in [0.3, 0.4) is 0 Å². The fourth-order valence-corrected chi connectivity index (χ4v) is 1.96. The molecule has 0 radical (unpaired) electrons. The van der Waals surface area contributed by atoms with Gasteiger partial charge >= 0.3 is 11.5 Å². The second-order valence-corrected chi connectivity index (χ2v) is 4.60. The highest BCUT2D eigenvalue weighted by Crippen LogP contribution is 2.32. The summed E-state index contributed by atoms with van der Waals surface area (Å²) < 4.78 is 47.3. The predicted molar refractivity (Wildman–Crippen MR) is 50.9 cm³/mol. The number of benzene rings is 1. The van der Waals surface area contributed by atoms with Crippen molar-refractivity contribution in [1.82, 2.24) is 0 Å². The Bertz CT molecular complexity index is 421. The third kappa shape index (κ3) is 3.03. The Morgan fingerprint density at radius 1 is 1.38 bits per heavy atom. The summed E-state index contributed by atoms with van der Waals surface area (Å²) >= 11 is 2.14. The molecule has 1 N–H and O–H groups in total. The van der Waals surface area contributed by atoms with E-state index >= 15 is 0 Å². The van der Waals surface area contributed by atoms with Crippen molar-refractivity contribution in [2.45, 2.75) is 10.4 Å². The summed E-state index contributed by atoms with van der Waals surface area (Å²) in [6.45, 7) is 0. The molecule has 1 unspecified atom stereocenters. The van der Waals surface area contributed by atoms with Crippen molar-refractivity contribution in [3.8, 4) is 0 Å². The van der Waals surface area contributed by atoms with Gasteiger partial charge in [0.05, 0.1) is 16.7 Å². The molecule has 1 aromatic carbocycles. The maximum absolute atomic E-state index is 12.1. The molecule has 0 fully saturated rings. The predicted octanol–water partition coefficient (Wildman–Crippen LogP) is 2.67. The average Bonchev–Trinajstić information content (AvgIpc) is 2.14. The zero-order valence-electron chi connectivity index (χ0n) is 7.42. The van der Waals surface area contributed by atoms with Gasteiger partial charge in [-0.1, -0.05) is 11.6 Å². The van der Waals surface area contributed by atoms with E-state index in [0.717, 1.165) is 12.1 Å². The van der Waals surface area contributed by atoms with Gasteiger partial charge in [0, 0.05) is 17.2 Å². The van der Waals surface area contributed by atoms with Gasteiger partial charge in [0.1, 0.15) is 0 Å². The van der Waals surface area contributed by atoms with E-state index in [-0.39, 0.29) is 5.02 Å². The van der Waals surface area contributed by atoms with Gasteiger partial charge in [0.15, 0.2) is 4.90 Å². The lowest BCUT2D eigenvalue weighted by Crippen LogP contribution is -2.23. The molecule has 3 nitrogen and oxygen atoms in total. The average molecular weight is 273 g/mol. The number of hydrogen-bond acceptors (Lipinski definition) is 2. The van der Waals surface area contributed by atoms with E-state index in [0.29, 0.717) is 6.07 Å². The second kappa shape index (κ2) is 4.52. The minimum Gasteiger partial charge on any atom is -0.604 e. The molecule has 1 atom stereocenters. The third-order valence-electron chi connectivity index (χ3n) is 1.54. The lowest BCUT2D eigenvalue weighted by Gasteiger charge is -2.12. The van der Waals surface area contributed by atoms with Crippen LogP contribution in [-0.4, -0.2) is 21.1 Å². The van der Waals surface area contributed by atoms with Crippen LogP contribution in [0.4, 0.5) is 13.2 Å². The summed E-state index contributed by atoms with van der Waals surface area (Å²) in [7, 11) is 0. The van der Waals surface area contributed by atoms with Crippen molar-refractivity contribution in [3.05, 3.63) is 28.8 Å². The van der Waals surface area contributed by atoms with Crippen molar-refractivity contribution in [3.63, 3.8) is 0 Å². The molecule has 88 valence electrons. The van der Waals surface area contributed by atoms with E-state index in [2.05, 4.69) is 0 Å². The van der Waals surface area contributed by atoms with Crippen LogP contribution in [0.1, 0.15) is 10.4 Å². The largest absolute Gasteiger partial charge is 0.604 e. The van der Waals surface area contributed by atoms with Crippen molar-refractivity contribution >= 4 is 28.7 Å². The number of alkyl halides is 3. The summed E-state index contributed by atoms with van der Waals surface area (Å²) in [4.78, 5) is 9.86. The fraction of sp³-hybridized carbons (Fsp3) is 0.125. The molecule has 0 bridgehead atoms. The van der Waals surface area contributed by atoms with E-state index in [9.17, 15) is 22.5 Å². The highest BCUT2D eigenvalue weighted by atomic mass is 35.5. The van der Waals surface area contributed by atoms with Crippen LogP contribution in [-0.2, 0) is 11.2 Å². The minimum absolute atomic E-state index is 0.215. The topological polar surface area (TPSA) is 60.4 Å². The van der Waals surface area contributed by atoms with Crippen LogP contribution < -0.4 is 0 Å². The van der Waals surface area contributed by atoms with Gasteiger partial charge in [-0.3, -0.25) is 0 Å². The Balaban J connectivity index is 3.20. The molecule has 16 heavy (non-hydrogen) atoms. The number of carbonyl (C=O) groups is 1. The first kappa shape index (κ1) is 13.1. The van der Waals surface area contributed by atoms with Crippen molar-refractivity contribution in [2.75, 3.05) is 0 Å². The van der Waals surface area contributed by atoms with E-state index in [4.69, 9.17) is 16.7 Å². The number of hydrogen-bond donors (Lipinski definition) is 1. The maximum Gasteiger partial charge on any atom is 0.578 e. The molecule has 8 heteroatoms. The zero-order chi connectivity index (χ0) is 12.5. The third-order valence-corrected chi connectivity index (χ3v) is 2.85. The van der Waals surface area contributed by atoms with Crippen molar-refractivity contribution < 1.29 is 27.6 Å².